The Morgan fingerprint density at radius 2 is 1.71 bits per heavy atom. The SMILES string of the molecule is C=C(C)C(=O)OCCCCCCCS(=O)(=O)O. The second kappa shape index (κ2) is 8.25. The van der Waals surface area contributed by atoms with Gasteiger partial charge in [0.05, 0.1) is 12.4 Å². The maximum Gasteiger partial charge on any atom is 0.333 e. The Bertz CT molecular complexity index is 345. The largest absolute Gasteiger partial charge is 0.462 e. The van der Waals surface area contributed by atoms with Gasteiger partial charge in [0.15, 0.2) is 0 Å². The highest BCUT2D eigenvalue weighted by atomic mass is 32.2. The number of unbranched alkanes of at least 4 members (excludes halogenated alkanes) is 4. The van der Waals surface area contributed by atoms with Crippen LogP contribution in [0.1, 0.15) is 39.0 Å². The normalized spacial score (nSPS) is 11.2. The number of ether oxygens (including phenoxy) is 1. The average Bonchev–Trinajstić information content (AvgIpc) is 2.19. The van der Waals surface area contributed by atoms with Gasteiger partial charge in [0, 0.05) is 5.57 Å². The molecule has 5 nitrogen and oxygen atoms in total. The molecule has 0 radical (unpaired) electrons. The van der Waals surface area contributed by atoms with Crippen molar-refractivity contribution in [2.45, 2.75) is 39.0 Å². The zero-order valence-electron chi connectivity index (χ0n) is 10.1. The Balaban J connectivity index is 3.31. The fourth-order valence-electron chi connectivity index (χ4n) is 1.20. The van der Waals surface area contributed by atoms with Gasteiger partial charge >= 0.3 is 5.97 Å². The molecule has 0 aromatic heterocycles. The van der Waals surface area contributed by atoms with Crippen molar-refractivity contribution in [2.75, 3.05) is 12.4 Å². The van der Waals surface area contributed by atoms with Crippen molar-refractivity contribution in [1.29, 1.82) is 0 Å². The lowest BCUT2D eigenvalue weighted by atomic mass is 10.2. The van der Waals surface area contributed by atoms with Crippen LogP contribution >= 0.6 is 0 Å². The summed E-state index contributed by atoms with van der Waals surface area (Å²) >= 11 is 0. The maximum atomic E-state index is 11.0. The molecule has 0 heterocycles. The first-order valence-corrected chi connectivity index (χ1v) is 7.21. The van der Waals surface area contributed by atoms with E-state index in [9.17, 15) is 13.2 Å². The summed E-state index contributed by atoms with van der Waals surface area (Å²) < 4.78 is 34.2. The van der Waals surface area contributed by atoms with E-state index >= 15 is 0 Å². The predicted octanol–water partition coefficient (Wildman–Crippen LogP) is 1.94. The van der Waals surface area contributed by atoms with Crippen LogP contribution in [0.4, 0.5) is 0 Å². The molecule has 0 amide bonds. The van der Waals surface area contributed by atoms with Crippen molar-refractivity contribution in [2.24, 2.45) is 0 Å². The monoisotopic (exact) mass is 264 g/mol. The van der Waals surface area contributed by atoms with E-state index in [0.29, 0.717) is 18.6 Å². The number of esters is 1. The van der Waals surface area contributed by atoms with E-state index in [1.54, 1.807) is 6.92 Å². The fraction of sp³-hybridized carbons (Fsp3) is 0.727. The van der Waals surface area contributed by atoms with Gasteiger partial charge in [-0.3, -0.25) is 4.55 Å². The predicted molar refractivity (Wildman–Crippen MR) is 65.3 cm³/mol. The van der Waals surface area contributed by atoms with Crippen molar-refractivity contribution in [3.63, 3.8) is 0 Å². The lowest BCUT2D eigenvalue weighted by Gasteiger charge is -2.04. The first-order chi connectivity index (χ1) is 7.83. The smallest absolute Gasteiger partial charge is 0.333 e. The molecule has 0 saturated heterocycles. The quantitative estimate of drug-likeness (QED) is 0.298. The van der Waals surface area contributed by atoms with Crippen molar-refractivity contribution in [3.8, 4) is 0 Å². The highest BCUT2D eigenvalue weighted by Crippen LogP contribution is 2.05. The molecule has 1 N–H and O–H groups in total. The molecule has 0 aromatic carbocycles. The molecule has 0 aliphatic carbocycles. The first kappa shape index (κ1) is 16.1. The van der Waals surface area contributed by atoms with Gasteiger partial charge in [0.25, 0.3) is 10.1 Å². The number of rotatable bonds is 9. The molecule has 0 aromatic rings. The van der Waals surface area contributed by atoms with Crippen molar-refractivity contribution < 1.29 is 22.5 Å². The Hall–Kier alpha value is -0.880. The van der Waals surface area contributed by atoms with E-state index in [4.69, 9.17) is 9.29 Å². The van der Waals surface area contributed by atoms with Crippen LogP contribution in [0.25, 0.3) is 0 Å². The minimum absolute atomic E-state index is 0.183. The van der Waals surface area contributed by atoms with E-state index in [1.165, 1.54) is 0 Å². The summed E-state index contributed by atoms with van der Waals surface area (Å²) in [5.41, 5.74) is 0.387. The van der Waals surface area contributed by atoms with Gasteiger partial charge in [0.1, 0.15) is 0 Å². The summed E-state index contributed by atoms with van der Waals surface area (Å²) in [5, 5.41) is 0. The van der Waals surface area contributed by atoms with E-state index in [0.717, 1.165) is 25.7 Å². The van der Waals surface area contributed by atoms with E-state index in [-0.39, 0.29) is 11.7 Å². The number of carbonyl (C=O) groups excluding carboxylic acids is 1. The summed E-state index contributed by atoms with van der Waals surface area (Å²) in [5.74, 6) is -0.561. The number of carbonyl (C=O) groups is 1. The summed E-state index contributed by atoms with van der Waals surface area (Å²) in [4.78, 5) is 11.0. The molecule has 0 atom stereocenters. The Morgan fingerprint density at radius 3 is 2.24 bits per heavy atom. The van der Waals surface area contributed by atoms with Gasteiger partial charge in [0.2, 0.25) is 0 Å². The zero-order chi connectivity index (χ0) is 13.3. The minimum Gasteiger partial charge on any atom is -0.462 e. The van der Waals surface area contributed by atoms with Crippen LogP contribution in [-0.2, 0) is 19.6 Å². The van der Waals surface area contributed by atoms with Crippen LogP contribution < -0.4 is 0 Å². The minimum atomic E-state index is -3.82. The van der Waals surface area contributed by atoms with Gasteiger partial charge in [-0.05, 0) is 19.8 Å². The van der Waals surface area contributed by atoms with E-state index < -0.39 is 10.1 Å². The van der Waals surface area contributed by atoms with Gasteiger partial charge in [-0.25, -0.2) is 4.79 Å². The first-order valence-electron chi connectivity index (χ1n) is 5.61. The Labute approximate surface area is 103 Å². The second-order valence-corrected chi connectivity index (χ2v) is 5.54. The average molecular weight is 264 g/mol. The van der Waals surface area contributed by atoms with Crippen LogP contribution in [0, 0.1) is 0 Å². The molecular formula is C11H20O5S. The molecule has 0 fully saturated rings. The molecular weight excluding hydrogens is 244 g/mol. The standard InChI is InChI=1S/C11H20O5S/c1-10(2)11(12)16-8-6-4-3-5-7-9-17(13,14)15/h1,3-9H2,2H3,(H,13,14,15). The van der Waals surface area contributed by atoms with E-state index in [2.05, 4.69) is 6.58 Å². The lowest BCUT2D eigenvalue weighted by molar-refractivity contribution is -0.139. The van der Waals surface area contributed by atoms with Crippen molar-refractivity contribution in [3.05, 3.63) is 12.2 Å². The number of hydrogen-bond acceptors (Lipinski definition) is 4. The molecule has 17 heavy (non-hydrogen) atoms. The highest BCUT2D eigenvalue weighted by Gasteiger charge is 2.04. The number of hydrogen-bond donors (Lipinski definition) is 1. The summed E-state index contributed by atoms with van der Waals surface area (Å²) in [6, 6.07) is 0. The summed E-state index contributed by atoms with van der Waals surface area (Å²) in [6.45, 7) is 5.42. The highest BCUT2D eigenvalue weighted by molar-refractivity contribution is 7.85. The zero-order valence-corrected chi connectivity index (χ0v) is 11.0. The van der Waals surface area contributed by atoms with Gasteiger partial charge in [-0.1, -0.05) is 25.8 Å². The molecule has 100 valence electrons. The molecule has 0 aliphatic rings. The molecule has 0 spiro atoms. The second-order valence-electron chi connectivity index (χ2n) is 3.97. The molecule has 0 aliphatic heterocycles. The maximum absolute atomic E-state index is 11.0. The van der Waals surface area contributed by atoms with E-state index in [1.807, 2.05) is 0 Å². The third-order valence-electron chi connectivity index (χ3n) is 2.13. The van der Waals surface area contributed by atoms with Gasteiger partial charge in [-0.2, -0.15) is 8.42 Å². The summed E-state index contributed by atoms with van der Waals surface area (Å²) in [6.07, 6.45) is 3.69. The van der Waals surface area contributed by atoms with Crippen LogP contribution in [-0.4, -0.2) is 31.3 Å². The molecule has 0 rings (SSSR count). The third kappa shape index (κ3) is 11.4. The Kier molecular flexibility index (Phi) is 7.82. The third-order valence-corrected chi connectivity index (χ3v) is 2.93. The molecule has 6 heteroatoms. The van der Waals surface area contributed by atoms with Crippen LogP contribution in [0.2, 0.25) is 0 Å². The van der Waals surface area contributed by atoms with Crippen LogP contribution in [0.3, 0.4) is 0 Å². The molecule has 0 bridgehead atoms. The molecule has 0 saturated carbocycles. The van der Waals surface area contributed by atoms with Gasteiger partial charge in [-0.15, -0.1) is 0 Å². The lowest BCUT2D eigenvalue weighted by Crippen LogP contribution is -2.06. The van der Waals surface area contributed by atoms with Crippen molar-refractivity contribution >= 4 is 16.1 Å². The summed E-state index contributed by atoms with van der Waals surface area (Å²) in [7, 11) is -3.82. The topological polar surface area (TPSA) is 80.7 Å². The Morgan fingerprint density at radius 1 is 1.18 bits per heavy atom. The van der Waals surface area contributed by atoms with Gasteiger partial charge < -0.3 is 4.74 Å². The molecule has 0 unspecified atom stereocenters. The van der Waals surface area contributed by atoms with Crippen molar-refractivity contribution in [1.82, 2.24) is 0 Å². The van der Waals surface area contributed by atoms with Crippen LogP contribution in [0.15, 0.2) is 12.2 Å². The fourth-order valence-corrected chi connectivity index (χ4v) is 1.77. The van der Waals surface area contributed by atoms with Crippen LogP contribution in [0.5, 0.6) is 0 Å².